The summed E-state index contributed by atoms with van der Waals surface area (Å²) in [7, 11) is 3.16. The van der Waals surface area contributed by atoms with Crippen LogP contribution in [0.2, 0.25) is 0 Å². The van der Waals surface area contributed by atoms with E-state index >= 15 is 0 Å². The number of aliphatic hydroxyl groups excluding tert-OH is 1. The van der Waals surface area contributed by atoms with Crippen LogP contribution in [-0.4, -0.2) is 44.1 Å². The van der Waals surface area contributed by atoms with Gasteiger partial charge in [-0.15, -0.1) is 0 Å². The minimum absolute atomic E-state index is 0.0476. The van der Waals surface area contributed by atoms with Crippen LogP contribution in [0.3, 0.4) is 0 Å². The second kappa shape index (κ2) is 11.9. The van der Waals surface area contributed by atoms with Crippen LogP contribution in [0.4, 0.5) is 11.4 Å². The van der Waals surface area contributed by atoms with Gasteiger partial charge in [0.25, 0.3) is 11.7 Å². The normalized spacial score (nSPS) is 16.5. The highest BCUT2D eigenvalue weighted by Crippen LogP contribution is 2.44. The molecule has 7 nitrogen and oxygen atoms in total. The number of aliphatic hydroxyl groups is 1. The van der Waals surface area contributed by atoms with E-state index in [1.54, 1.807) is 38.5 Å². The first-order chi connectivity index (χ1) is 19.2. The zero-order chi connectivity index (χ0) is 29.1. The van der Waals surface area contributed by atoms with Crippen molar-refractivity contribution in [3.05, 3.63) is 88.5 Å². The summed E-state index contributed by atoms with van der Waals surface area (Å²) in [6.07, 6.45) is 0. The molecule has 1 N–H and O–H groups in total. The summed E-state index contributed by atoms with van der Waals surface area (Å²) in [4.78, 5) is 31.0. The highest BCUT2D eigenvalue weighted by atomic mass is 16.5. The number of amides is 1. The maximum Gasteiger partial charge on any atom is 0.300 e. The van der Waals surface area contributed by atoms with Gasteiger partial charge in [0.05, 0.1) is 25.8 Å². The number of Topliss-reactive ketones (excluding diaryl/α,β-unsaturated/α-hetero) is 1. The number of benzene rings is 3. The molecule has 1 heterocycles. The molecule has 0 spiro atoms. The monoisotopic (exact) mass is 542 g/mol. The molecule has 1 atom stereocenters. The van der Waals surface area contributed by atoms with E-state index < -0.39 is 17.7 Å². The average molecular weight is 543 g/mol. The summed E-state index contributed by atoms with van der Waals surface area (Å²) >= 11 is 0. The van der Waals surface area contributed by atoms with E-state index in [0.717, 1.165) is 35.5 Å². The van der Waals surface area contributed by atoms with E-state index in [1.807, 2.05) is 57.2 Å². The maximum atomic E-state index is 13.7. The zero-order valence-electron chi connectivity index (χ0n) is 24.3. The Kier molecular flexibility index (Phi) is 8.52. The second-order valence-electron chi connectivity index (χ2n) is 10.2. The Hall–Kier alpha value is -4.26. The molecule has 1 aliphatic heterocycles. The molecular weight excluding hydrogens is 504 g/mol. The molecule has 7 heteroatoms. The molecule has 0 saturated carbocycles. The predicted octanol–water partition coefficient (Wildman–Crippen LogP) is 6.61. The Balaban J connectivity index is 1.96. The Morgan fingerprint density at radius 2 is 1.65 bits per heavy atom. The lowest BCUT2D eigenvalue weighted by Crippen LogP contribution is -2.29. The van der Waals surface area contributed by atoms with Crippen molar-refractivity contribution in [2.75, 3.05) is 37.1 Å². The molecule has 0 aromatic heterocycles. The number of ether oxygens (including phenoxy) is 2. The Labute approximate surface area is 236 Å². The SMILES string of the molecule is CCN(CC)c1ccc(C2/C(=C(\O)c3cc(C(C)C)c(OC)cc3C)C(=O)C(=O)N2c2cccc(OC)c2)cc1. The lowest BCUT2D eigenvalue weighted by Gasteiger charge is -2.27. The molecule has 3 aromatic rings. The summed E-state index contributed by atoms with van der Waals surface area (Å²) in [6, 6.07) is 17.7. The van der Waals surface area contributed by atoms with Gasteiger partial charge in [0.15, 0.2) is 0 Å². The average Bonchev–Trinajstić information content (AvgIpc) is 3.23. The van der Waals surface area contributed by atoms with E-state index in [-0.39, 0.29) is 17.3 Å². The Morgan fingerprint density at radius 1 is 0.975 bits per heavy atom. The van der Waals surface area contributed by atoms with Crippen molar-refractivity contribution in [1.29, 1.82) is 0 Å². The molecule has 1 unspecified atom stereocenters. The number of hydrogen-bond donors (Lipinski definition) is 1. The maximum absolute atomic E-state index is 13.7. The van der Waals surface area contributed by atoms with Gasteiger partial charge in [0, 0.05) is 36.1 Å². The van der Waals surface area contributed by atoms with Gasteiger partial charge in [-0.1, -0.05) is 32.0 Å². The topological polar surface area (TPSA) is 79.3 Å². The number of hydrogen-bond acceptors (Lipinski definition) is 6. The van der Waals surface area contributed by atoms with Crippen LogP contribution in [0, 0.1) is 6.92 Å². The molecule has 1 saturated heterocycles. The number of nitrogens with zero attached hydrogens (tertiary/aromatic N) is 2. The van der Waals surface area contributed by atoms with Gasteiger partial charge in [-0.05, 0) is 79.8 Å². The lowest BCUT2D eigenvalue weighted by atomic mass is 9.91. The zero-order valence-corrected chi connectivity index (χ0v) is 24.3. The van der Waals surface area contributed by atoms with Crippen LogP contribution in [0.1, 0.15) is 61.9 Å². The Bertz CT molecular complexity index is 1440. The Morgan fingerprint density at radius 3 is 2.23 bits per heavy atom. The fourth-order valence-electron chi connectivity index (χ4n) is 5.36. The summed E-state index contributed by atoms with van der Waals surface area (Å²) in [5.74, 6) is -0.261. The van der Waals surface area contributed by atoms with Gasteiger partial charge in [0.1, 0.15) is 17.3 Å². The van der Waals surface area contributed by atoms with Gasteiger partial charge < -0.3 is 19.5 Å². The fraction of sp³-hybridized carbons (Fsp3) is 0.333. The smallest absolute Gasteiger partial charge is 0.300 e. The van der Waals surface area contributed by atoms with E-state index in [9.17, 15) is 14.7 Å². The first-order valence-corrected chi connectivity index (χ1v) is 13.7. The van der Waals surface area contributed by atoms with Crippen LogP contribution >= 0.6 is 0 Å². The van der Waals surface area contributed by atoms with Crippen LogP contribution in [0.15, 0.2) is 66.2 Å². The number of carbonyl (C=O) groups excluding carboxylic acids is 2. The van der Waals surface area contributed by atoms with Crippen LogP contribution < -0.4 is 19.3 Å². The largest absolute Gasteiger partial charge is 0.507 e. The van der Waals surface area contributed by atoms with E-state index in [0.29, 0.717) is 22.7 Å². The first kappa shape index (κ1) is 28.7. The summed E-state index contributed by atoms with van der Waals surface area (Å²) in [5, 5.41) is 11.8. The van der Waals surface area contributed by atoms with Gasteiger partial charge in [0.2, 0.25) is 0 Å². The summed E-state index contributed by atoms with van der Waals surface area (Å²) < 4.78 is 11.0. The molecule has 1 amide bonds. The minimum Gasteiger partial charge on any atom is -0.507 e. The molecule has 210 valence electrons. The van der Waals surface area contributed by atoms with Gasteiger partial charge >= 0.3 is 0 Å². The molecule has 1 aliphatic rings. The highest BCUT2D eigenvalue weighted by Gasteiger charge is 2.47. The first-order valence-electron chi connectivity index (χ1n) is 13.7. The van der Waals surface area contributed by atoms with Crippen LogP contribution in [0.5, 0.6) is 11.5 Å². The quantitative estimate of drug-likeness (QED) is 0.186. The van der Waals surface area contributed by atoms with Crippen molar-refractivity contribution in [2.24, 2.45) is 0 Å². The van der Waals surface area contributed by atoms with Gasteiger partial charge in [-0.3, -0.25) is 14.5 Å². The fourth-order valence-corrected chi connectivity index (χ4v) is 5.36. The van der Waals surface area contributed by atoms with Crippen LogP contribution in [-0.2, 0) is 9.59 Å². The minimum atomic E-state index is -0.832. The predicted molar refractivity (Wildman–Crippen MR) is 160 cm³/mol. The lowest BCUT2D eigenvalue weighted by molar-refractivity contribution is -0.132. The molecule has 0 aliphatic carbocycles. The van der Waals surface area contributed by atoms with Crippen molar-refractivity contribution in [3.8, 4) is 11.5 Å². The second-order valence-corrected chi connectivity index (χ2v) is 10.2. The van der Waals surface area contributed by atoms with Crippen molar-refractivity contribution >= 4 is 28.8 Å². The number of rotatable bonds is 9. The molecular formula is C33H38N2O5. The number of anilines is 2. The standard InChI is InChI=1S/C33H38N2O5/c1-8-34(9-2)23-15-13-22(14-16-23)30-29(31(36)27-19-26(20(3)4)28(40-7)17-21(27)5)32(37)33(38)35(30)24-11-10-12-25(18-24)39-6/h10-20,30,36H,8-9H2,1-7H3/b31-29+. The number of ketones is 1. The van der Waals surface area contributed by atoms with E-state index in [4.69, 9.17) is 9.47 Å². The summed E-state index contributed by atoms with van der Waals surface area (Å²) in [5.41, 5.74) is 4.45. The van der Waals surface area contributed by atoms with Crippen molar-refractivity contribution in [3.63, 3.8) is 0 Å². The van der Waals surface area contributed by atoms with E-state index in [1.165, 1.54) is 4.90 Å². The number of aryl methyl sites for hydroxylation is 1. The van der Waals surface area contributed by atoms with Crippen molar-refractivity contribution < 1.29 is 24.2 Å². The van der Waals surface area contributed by atoms with Crippen LogP contribution in [0.25, 0.3) is 5.76 Å². The third-order valence-electron chi connectivity index (χ3n) is 7.57. The van der Waals surface area contributed by atoms with Crippen molar-refractivity contribution in [2.45, 2.75) is 46.6 Å². The molecule has 0 bridgehead atoms. The van der Waals surface area contributed by atoms with E-state index in [2.05, 4.69) is 18.7 Å². The van der Waals surface area contributed by atoms with Crippen molar-refractivity contribution in [1.82, 2.24) is 0 Å². The third kappa shape index (κ3) is 5.16. The summed E-state index contributed by atoms with van der Waals surface area (Å²) in [6.45, 7) is 11.8. The molecule has 1 fully saturated rings. The van der Waals surface area contributed by atoms with Gasteiger partial charge in [-0.25, -0.2) is 0 Å². The third-order valence-corrected chi connectivity index (χ3v) is 7.57. The molecule has 40 heavy (non-hydrogen) atoms. The molecule has 4 rings (SSSR count). The van der Waals surface area contributed by atoms with Gasteiger partial charge in [-0.2, -0.15) is 0 Å². The molecule has 0 radical (unpaired) electrons. The number of methoxy groups -OCH3 is 2. The highest BCUT2D eigenvalue weighted by molar-refractivity contribution is 6.51. The number of carbonyl (C=O) groups is 2. The molecule has 3 aromatic carbocycles.